The lowest BCUT2D eigenvalue weighted by molar-refractivity contribution is 0.126. The van der Waals surface area contributed by atoms with Crippen molar-refractivity contribution in [1.29, 1.82) is 0 Å². The molecule has 100 valence electrons. The molecule has 0 aromatic carbocycles. The van der Waals surface area contributed by atoms with Crippen LogP contribution >= 0.6 is 11.3 Å². The van der Waals surface area contributed by atoms with Crippen LogP contribution in [-0.2, 0) is 0 Å². The molecule has 2 saturated heterocycles. The molecule has 2 fully saturated rings. The second-order valence-corrected chi connectivity index (χ2v) is 6.36. The zero-order chi connectivity index (χ0) is 13.0. The fourth-order valence-corrected chi connectivity index (χ4v) is 4.31. The molecule has 19 heavy (non-hydrogen) atoms. The molecule has 5 nitrogen and oxygen atoms in total. The van der Waals surface area contributed by atoms with Gasteiger partial charge in [0.25, 0.3) is 0 Å². The number of nitrogen functional groups attached to an aromatic ring is 1. The van der Waals surface area contributed by atoms with Crippen molar-refractivity contribution in [1.82, 2.24) is 9.97 Å². The van der Waals surface area contributed by atoms with Crippen LogP contribution in [0.15, 0.2) is 11.4 Å². The molecule has 0 amide bonds. The van der Waals surface area contributed by atoms with E-state index in [0.717, 1.165) is 41.7 Å². The number of anilines is 2. The van der Waals surface area contributed by atoms with Gasteiger partial charge in [-0.2, -0.15) is 4.98 Å². The van der Waals surface area contributed by atoms with E-state index < -0.39 is 0 Å². The van der Waals surface area contributed by atoms with Crippen LogP contribution in [0.1, 0.15) is 25.7 Å². The van der Waals surface area contributed by atoms with Crippen molar-refractivity contribution in [3.63, 3.8) is 0 Å². The number of hydrogen-bond donors (Lipinski definition) is 2. The maximum Gasteiger partial charge on any atom is 0.223 e. The smallest absolute Gasteiger partial charge is 0.223 e. The minimum absolute atomic E-state index is 0.161. The number of fused-ring (bicyclic) bond motifs is 3. The Labute approximate surface area is 115 Å². The lowest BCUT2D eigenvalue weighted by Gasteiger charge is -2.38. The van der Waals surface area contributed by atoms with Crippen molar-refractivity contribution in [2.75, 3.05) is 10.6 Å². The van der Waals surface area contributed by atoms with Crippen molar-refractivity contribution >= 4 is 33.3 Å². The van der Waals surface area contributed by atoms with Crippen molar-refractivity contribution in [2.45, 2.75) is 43.9 Å². The van der Waals surface area contributed by atoms with Gasteiger partial charge in [-0.1, -0.05) is 0 Å². The fourth-order valence-electron chi connectivity index (χ4n) is 3.55. The van der Waals surface area contributed by atoms with Crippen LogP contribution in [0.5, 0.6) is 0 Å². The monoisotopic (exact) mass is 276 g/mol. The number of piperidine rings is 1. The van der Waals surface area contributed by atoms with E-state index in [1.54, 1.807) is 11.3 Å². The summed E-state index contributed by atoms with van der Waals surface area (Å²) in [5.74, 6) is 1.30. The lowest BCUT2D eigenvalue weighted by atomic mass is 10.00. The van der Waals surface area contributed by atoms with Gasteiger partial charge in [0.05, 0.1) is 11.5 Å². The number of thiophene rings is 1. The van der Waals surface area contributed by atoms with Crippen molar-refractivity contribution in [3.05, 3.63) is 11.4 Å². The molecule has 2 aromatic heterocycles. The Morgan fingerprint density at radius 2 is 2.00 bits per heavy atom. The number of rotatable bonds is 1. The maximum atomic E-state index is 9.90. The van der Waals surface area contributed by atoms with Gasteiger partial charge in [0.15, 0.2) is 0 Å². The first kappa shape index (κ1) is 11.4. The van der Waals surface area contributed by atoms with Crippen LogP contribution in [0, 0.1) is 0 Å². The Kier molecular flexibility index (Phi) is 2.43. The Bertz CT molecular complexity index is 614. The summed E-state index contributed by atoms with van der Waals surface area (Å²) in [5, 5.41) is 13.0. The molecule has 2 unspecified atom stereocenters. The summed E-state index contributed by atoms with van der Waals surface area (Å²) in [6, 6.07) is 2.86. The number of aliphatic hydroxyl groups excluding tert-OH is 1. The van der Waals surface area contributed by atoms with E-state index in [1.165, 1.54) is 0 Å². The minimum atomic E-state index is -0.161. The molecule has 2 aliphatic rings. The molecule has 6 heteroatoms. The van der Waals surface area contributed by atoms with E-state index in [1.807, 2.05) is 5.38 Å². The zero-order valence-electron chi connectivity index (χ0n) is 10.5. The normalized spacial score (nSPS) is 30.2. The third-order valence-corrected chi connectivity index (χ3v) is 5.08. The predicted molar refractivity (Wildman–Crippen MR) is 76.4 cm³/mol. The van der Waals surface area contributed by atoms with E-state index in [-0.39, 0.29) is 6.10 Å². The predicted octanol–water partition coefficient (Wildman–Crippen LogP) is 1.77. The van der Waals surface area contributed by atoms with Gasteiger partial charge in [-0.05, 0) is 37.1 Å². The molecule has 4 rings (SSSR count). The fraction of sp³-hybridized carbons (Fsp3) is 0.538. The number of hydrogen-bond acceptors (Lipinski definition) is 6. The summed E-state index contributed by atoms with van der Waals surface area (Å²) >= 11 is 1.60. The van der Waals surface area contributed by atoms with Crippen molar-refractivity contribution < 1.29 is 5.11 Å². The van der Waals surface area contributed by atoms with Gasteiger partial charge in [0.2, 0.25) is 5.95 Å². The van der Waals surface area contributed by atoms with E-state index in [9.17, 15) is 5.11 Å². The highest BCUT2D eigenvalue weighted by Gasteiger charge is 2.41. The van der Waals surface area contributed by atoms with Crippen LogP contribution < -0.4 is 10.6 Å². The molecule has 2 aliphatic heterocycles. The van der Waals surface area contributed by atoms with Crippen LogP contribution in [0.3, 0.4) is 0 Å². The minimum Gasteiger partial charge on any atom is -0.393 e. The van der Waals surface area contributed by atoms with Gasteiger partial charge in [0.1, 0.15) is 10.6 Å². The van der Waals surface area contributed by atoms with Gasteiger partial charge in [-0.3, -0.25) is 0 Å². The quantitative estimate of drug-likeness (QED) is 0.830. The molecular weight excluding hydrogens is 260 g/mol. The van der Waals surface area contributed by atoms with Crippen LogP contribution in [0.4, 0.5) is 11.8 Å². The maximum absolute atomic E-state index is 9.90. The number of aromatic nitrogens is 2. The second kappa shape index (κ2) is 4.05. The highest BCUT2D eigenvalue weighted by molar-refractivity contribution is 7.16. The first-order valence-corrected chi connectivity index (χ1v) is 7.57. The first-order chi connectivity index (χ1) is 9.22. The molecule has 0 spiro atoms. The van der Waals surface area contributed by atoms with Crippen molar-refractivity contribution in [2.24, 2.45) is 0 Å². The zero-order valence-corrected chi connectivity index (χ0v) is 11.3. The molecule has 0 aliphatic carbocycles. The Balaban J connectivity index is 1.84. The average molecular weight is 276 g/mol. The summed E-state index contributed by atoms with van der Waals surface area (Å²) < 4.78 is 0. The van der Waals surface area contributed by atoms with Gasteiger partial charge in [0, 0.05) is 12.1 Å². The first-order valence-electron chi connectivity index (χ1n) is 6.69. The van der Waals surface area contributed by atoms with Crippen molar-refractivity contribution in [3.8, 4) is 0 Å². The summed E-state index contributed by atoms with van der Waals surface area (Å²) in [6.07, 6.45) is 3.79. The topological polar surface area (TPSA) is 75.3 Å². The summed E-state index contributed by atoms with van der Waals surface area (Å²) in [6.45, 7) is 0. The average Bonchev–Trinajstić information content (AvgIpc) is 2.92. The highest BCUT2D eigenvalue weighted by Crippen LogP contribution is 2.41. The van der Waals surface area contributed by atoms with Crippen LogP contribution in [-0.4, -0.2) is 33.3 Å². The molecule has 2 bridgehead atoms. The largest absolute Gasteiger partial charge is 0.393 e. The van der Waals surface area contributed by atoms with Crippen LogP contribution in [0.2, 0.25) is 0 Å². The van der Waals surface area contributed by atoms with Gasteiger partial charge >= 0.3 is 0 Å². The van der Waals surface area contributed by atoms with Gasteiger partial charge in [-0.15, -0.1) is 11.3 Å². The lowest BCUT2D eigenvalue weighted by Crippen LogP contribution is -2.45. The SMILES string of the molecule is Nc1nc(N2C3CCC2CC(O)C3)c2ccsc2n1. The third kappa shape index (κ3) is 1.70. The third-order valence-electron chi connectivity index (χ3n) is 4.28. The van der Waals surface area contributed by atoms with E-state index in [2.05, 4.69) is 20.9 Å². The molecule has 0 radical (unpaired) electrons. The van der Waals surface area contributed by atoms with E-state index in [4.69, 9.17) is 5.73 Å². The Hall–Kier alpha value is -1.40. The number of aliphatic hydroxyl groups is 1. The number of nitrogens with zero attached hydrogens (tertiary/aromatic N) is 3. The van der Waals surface area contributed by atoms with Gasteiger partial charge < -0.3 is 15.7 Å². The molecule has 3 N–H and O–H groups in total. The van der Waals surface area contributed by atoms with Crippen LogP contribution in [0.25, 0.3) is 10.2 Å². The summed E-state index contributed by atoms with van der Waals surface area (Å²) in [7, 11) is 0. The Morgan fingerprint density at radius 3 is 2.74 bits per heavy atom. The summed E-state index contributed by atoms with van der Waals surface area (Å²) in [5.41, 5.74) is 5.84. The molecule has 2 aromatic rings. The number of nitrogens with two attached hydrogens (primary N) is 1. The summed E-state index contributed by atoms with van der Waals surface area (Å²) in [4.78, 5) is 12.1. The van der Waals surface area contributed by atoms with E-state index in [0.29, 0.717) is 18.0 Å². The van der Waals surface area contributed by atoms with E-state index >= 15 is 0 Å². The standard InChI is InChI=1S/C13H16N4OS/c14-13-15-11(10-3-4-19-12(10)16-13)17-7-1-2-8(17)6-9(18)5-7/h3-4,7-9,18H,1-2,5-6H2,(H2,14,15,16). The van der Waals surface area contributed by atoms with Gasteiger partial charge in [-0.25, -0.2) is 4.98 Å². The highest BCUT2D eigenvalue weighted by atomic mass is 32.1. The molecule has 2 atom stereocenters. The molecule has 0 saturated carbocycles. The molecule has 4 heterocycles. The second-order valence-electron chi connectivity index (χ2n) is 5.46. The Morgan fingerprint density at radius 1 is 1.26 bits per heavy atom. The molecular formula is C13H16N4OS.